The zero-order valence-electron chi connectivity index (χ0n) is 19.5. The molecule has 1 saturated heterocycles. The van der Waals surface area contributed by atoms with E-state index < -0.39 is 0 Å². The van der Waals surface area contributed by atoms with Crippen molar-refractivity contribution in [1.29, 1.82) is 0 Å². The van der Waals surface area contributed by atoms with Crippen LogP contribution in [0.15, 0.2) is 36.4 Å². The van der Waals surface area contributed by atoms with Crippen LogP contribution in [0.3, 0.4) is 0 Å². The van der Waals surface area contributed by atoms with Crippen LogP contribution in [0.4, 0.5) is 4.79 Å². The second-order valence-electron chi connectivity index (χ2n) is 9.26. The first-order valence-corrected chi connectivity index (χ1v) is 11.9. The second kappa shape index (κ2) is 8.29. The van der Waals surface area contributed by atoms with Crippen LogP contribution in [-0.2, 0) is 20.1 Å². The van der Waals surface area contributed by atoms with E-state index in [9.17, 15) is 4.79 Å². The molecule has 2 aromatic carbocycles. The fourth-order valence-corrected chi connectivity index (χ4v) is 4.91. The molecule has 0 unspecified atom stereocenters. The number of imidazole rings is 1. The lowest BCUT2D eigenvalue weighted by Crippen LogP contribution is -2.37. The van der Waals surface area contributed by atoms with E-state index in [1.54, 1.807) is 9.58 Å². The lowest BCUT2D eigenvalue weighted by Gasteiger charge is -2.25. The van der Waals surface area contributed by atoms with Crippen molar-refractivity contribution in [2.75, 3.05) is 13.1 Å². The Hall–Kier alpha value is -3.65. The van der Waals surface area contributed by atoms with E-state index in [1.165, 1.54) is 11.1 Å². The highest BCUT2D eigenvalue weighted by Gasteiger charge is 2.28. The zero-order chi connectivity index (χ0) is 23.2. The number of hydrogen-bond donors (Lipinski definition) is 2. The maximum Gasteiger partial charge on any atom is 0.415 e. The molecule has 6 rings (SSSR count). The summed E-state index contributed by atoms with van der Waals surface area (Å²) in [5.41, 5.74) is 7.76. The lowest BCUT2D eigenvalue weighted by molar-refractivity contribution is 0.143. The van der Waals surface area contributed by atoms with Gasteiger partial charge in [-0.2, -0.15) is 5.10 Å². The van der Waals surface area contributed by atoms with Crippen molar-refractivity contribution >= 4 is 17.1 Å². The Bertz CT molecular complexity index is 1340. The van der Waals surface area contributed by atoms with Crippen LogP contribution in [0, 0.1) is 6.92 Å². The molecule has 2 aliphatic rings. The predicted octanol–water partition coefficient (Wildman–Crippen LogP) is 4.53. The first-order chi connectivity index (χ1) is 16.6. The van der Waals surface area contributed by atoms with E-state index in [0.29, 0.717) is 23.0 Å². The van der Waals surface area contributed by atoms with E-state index in [1.807, 2.05) is 38.2 Å². The Morgan fingerprint density at radius 2 is 1.76 bits per heavy atom. The summed E-state index contributed by atoms with van der Waals surface area (Å²) in [4.78, 5) is 23.2. The summed E-state index contributed by atoms with van der Waals surface area (Å²) in [6.45, 7) is 5.21. The molecule has 34 heavy (non-hydrogen) atoms. The number of fused-ring (bicyclic) bond motifs is 2. The van der Waals surface area contributed by atoms with Crippen LogP contribution < -0.4 is 10.1 Å². The molecule has 4 aromatic rings. The Balaban J connectivity index is 1.46. The van der Waals surface area contributed by atoms with Gasteiger partial charge in [0.1, 0.15) is 11.4 Å². The van der Waals surface area contributed by atoms with Crippen LogP contribution >= 0.6 is 0 Å². The van der Waals surface area contributed by atoms with Crippen LogP contribution in [0.2, 0.25) is 0 Å². The number of aryl methyl sites for hydroxylation is 2. The maximum atomic E-state index is 13.1. The first-order valence-electron chi connectivity index (χ1n) is 11.9. The SMILES string of the molecule is Cc1ccc(-c2nn(C)c(-c3nc4cc5c(cc4[nH]3)CNC5)c2OC(=O)N2CCCCC2)cc1. The molecule has 4 heterocycles. The third-order valence-electron chi connectivity index (χ3n) is 6.79. The fraction of sp³-hybridized carbons (Fsp3) is 0.346. The monoisotopic (exact) mass is 456 g/mol. The summed E-state index contributed by atoms with van der Waals surface area (Å²) in [5, 5.41) is 8.15. The molecule has 0 aliphatic carbocycles. The van der Waals surface area contributed by atoms with Gasteiger partial charge in [0.15, 0.2) is 11.6 Å². The van der Waals surface area contributed by atoms with Crippen LogP contribution in [-0.4, -0.2) is 43.8 Å². The number of hydrogen-bond acceptors (Lipinski definition) is 5. The van der Waals surface area contributed by atoms with Gasteiger partial charge in [-0.3, -0.25) is 4.68 Å². The van der Waals surface area contributed by atoms with Crippen molar-refractivity contribution in [1.82, 2.24) is 30.0 Å². The standard InChI is InChI=1S/C26H28N6O2/c1-16-6-8-17(9-7-16)22-24(34-26(33)32-10-4-3-5-11-32)23(31(2)30-22)25-28-20-12-18-14-27-15-19(18)13-21(20)29-25/h6-9,12-13,27H,3-5,10-11,14-15H2,1-2H3,(H,28,29). The summed E-state index contributed by atoms with van der Waals surface area (Å²) in [6, 6.07) is 12.4. The lowest BCUT2D eigenvalue weighted by atomic mass is 10.1. The number of rotatable bonds is 3. The van der Waals surface area contributed by atoms with Gasteiger partial charge in [0.25, 0.3) is 0 Å². The fourth-order valence-electron chi connectivity index (χ4n) is 4.91. The van der Waals surface area contributed by atoms with Crippen molar-refractivity contribution in [3.63, 3.8) is 0 Å². The highest BCUT2D eigenvalue weighted by molar-refractivity contribution is 5.86. The zero-order valence-corrected chi connectivity index (χ0v) is 19.5. The van der Waals surface area contributed by atoms with Gasteiger partial charge in [-0.25, -0.2) is 9.78 Å². The van der Waals surface area contributed by atoms with E-state index in [4.69, 9.17) is 14.8 Å². The highest BCUT2D eigenvalue weighted by atomic mass is 16.6. The van der Waals surface area contributed by atoms with E-state index in [0.717, 1.165) is 67.6 Å². The highest BCUT2D eigenvalue weighted by Crippen LogP contribution is 2.39. The van der Waals surface area contributed by atoms with Crippen molar-refractivity contribution in [2.45, 2.75) is 39.3 Å². The van der Waals surface area contributed by atoms with E-state index in [2.05, 4.69) is 22.4 Å². The molecule has 0 radical (unpaired) electrons. The van der Waals surface area contributed by atoms with Gasteiger partial charge in [-0.1, -0.05) is 29.8 Å². The van der Waals surface area contributed by atoms with Gasteiger partial charge in [0.05, 0.1) is 11.0 Å². The van der Waals surface area contributed by atoms with Gasteiger partial charge < -0.3 is 19.9 Å². The molecule has 2 aliphatic heterocycles. The number of likely N-dealkylation sites (tertiary alicyclic amines) is 1. The van der Waals surface area contributed by atoms with Crippen LogP contribution in [0.25, 0.3) is 33.8 Å². The van der Waals surface area contributed by atoms with Gasteiger partial charge >= 0.3 is 6.09 Å². The average molecular weight is 457 g/mol. The molecule has 2 N–H and O–H groups in total. The molecular weight excluding hydrogens is 428 g/mol. The molecule has 174 valence electrons. The number of aromatic nitrogens is 4. The summed E-state index contributed by atoms with van der Waals surface area (Å²) < 4.78 is 7.84. The number of benzene rings is 2. The van der Waals surface area contributed by atoms with Crippen molar-refractivity contribution < 1.29 is 9.53 Å². The maximum absolute atomic E-state index is 13.1. The molecule has 1 fully saturated rings. The Morgan fingerprint density at radius 1 is 1.03 bits per heavy atom. The molecule has 8 heteroatoms. The molecule has 0 bridgehead atoms. The minimum Gasteiger partial charge on any atom is -0.405 e. The third-order valence-corrected chi connectivity index (χ3v) is 6.79. The summed E-state index contributed by atoms with van der Waals surface area (Å²) in [7, 11) is 1.86. The number of ether oxygens (including phenoxy) is 1. The quantitative estimate of drug-likeness (QED) is 0.473. The topological polar surface area (TPSA) is 88.1 Å². The molecule has 0 atom stereocenters. The second-order valence-corrected chi connectivity index (χ2v) is 9.26. The Morgan fingerprint density at radius 3 is 2.53 bits per heavy atom. The first kappa shape index (κ1) is 20.9. The number of aromatic amines is 1. The molecule has 0 saturated carbocycles. The number of carbonyl (C=O) groups excluding carboxylic acids is 1. The molecule has 0 spiro atoms. The number of carbonyl (C=O) groups is 1. The third kappa shape index (κ3) is 3.64. The smallest absolute Gasteiger partial charge is 0.405 e. The van der Waals surface area contributed by atoms with E-state index >= 15 is 0 Å². The molecule has 8 nitrogen and oxygen atoms in total. The number of H-pyrrole nitrogens is 1. The van der Waals surface area contributed by atoms with Gasteiger partial charge in [-0.05, 0) is 49.4 Å². The number of nitrogens with one attached hydrogen (secondary N) is 2. The van der Waals surface area contributed by atoms with Gasteiger partial charge in [0.2, 0.25) is 0 Å². The van der Waals surface area contributed by atoms with E-state index in [-0.39, 0.29) is 6.09 Å². The number of piperidine rings is 1. The number of amides is 1. The van der Waals surface area contributed by atoms with Gasteiger partial charge in [-0.15, -0.1) is 0 Å². The molecule has 1 amide bonds. The minimum absolute atomic E-state index is 0.330. The molecule has 2 aromatic heterocycles. The van der Waals surface area contributed by atoms with Gasteiger partial charge in [0, 0.05) is 38.8 Å². The van der Waals surface area contributed by atoms with Crippen LogP contribution in [0.1, 0.15) is 36.0 Å². The number of nitrogens with zero attached hydrogens (tertiary/aromatic N) is 4. The Labute approximate surface area is 197 Å². The normalized spacial score (nSPS) is 15.6. The summed E-state index contributed by atoms with van der Waals surface area (Å²) in [5.74, 6) is 1.08. The predicted molar refractivity (Wildman–Crippen MR) is 130 cm³/mol. The summed E-state index contributed by atoms with van der Waals surface area (Å²) in [6.07, 6.45) is 2.82. The van der Waals surface area contributed by atoms with Crippen molar-refractivity contribution in [3.05, 3.63) is 53.1 Å². The Kier molecular flexibility index (Phi) is 5.10. The average Bonchev–Trinajstić information content (AvgIpc) is 3.55. The summed E-state index contributed by atoms with van der Waals surface area (Å²) >= 11 is 0. The van der Waals surface area contributed by atoms with Crippen molar-refractivity contribution in [3.8, 4) is 28.5 Å². The van der Waals surface area contributed by atoms with Crippen molar-refractivity contribution in [2.24, 2.45) is 7.05 Å². The minimum atomic E-state index is -0.330. The van der Waals surface area contributed by atoms with Crippen LogP contribution in [0.5, 0.6) is 5.75 Å². The largest absolute Gasteiger partial charge is 0.415 e. The molecular formula is C26H28N6O2.